The molecule has 0 unspecified atom stereocenters. The Labute approximate surface area is 128 Å². The van der Waals surface area contributed by atoms with Crippen LogP contribution in [-0.2, 0) is 16.3 Å². The molecule has 0 aliphatic carbocycles. The second-order valence-corrected chi connectivity index (χ2v) is 3.86. The molecule has 0 aromatic heterocycles. The molecule has 0 bridgehead atoms. The average molecular weight is 266 g/mol. The maximum Gasteiger partial charge on any atom is 1.00 e. The molecule has 0 atom stereocenters. The second-order valence-electron chi connectivity index (χ2n) is 2.47. The van der Waals surface area contributed by atoms with Gasteiger partial charge >= 0.3 is 57.6 Å². The maximum absolute atomic E-state index is 12.2. The number of benzene rings is 1. The Hall–Kier alpha value is 0.556. The Morgan fingerprint density at radius 2 is 1.67 bits per heavy atom. The molecule has 0 saturated heterocycles. The van der Waals surface area contributed by atoms with Crippen molar-refractivity contribution in [2.45, 2.75) is 11.1 Å². The van der Waals surface area contributed by atoms with Gasteiger partial charge in [0.2, 0.25) is 0 Å². The molecular weight excluding hydrogens is 260 g/mol. The fourth-order valence-electron chi connectivity index (χ4n) is 0.926. The minimum Gasteiger partial charge on any atom is -1.00 e. The third-order valence-electron chi connectivity index (χ3n) is 1.47. The first-order valence-corrected chi connectivity index (χ1v) is 4.80. The summed E-state index contributed by atoms with van der Waals surface area (Å²) in [4.78, 5) is -1.13. The van der Waals surface area contributed by atoms with E-state index in [2.05, 4.69) is 0 Å². The van der Waals surface area contributed by atoms with Gasteiger partial charge in [-0.2, -0.15) is 21.6 Å². The van der Waals surface area contributed by atoms with Gasteiger partial charge in [-0.3, -0.25) is 4.55 Å². The van der Waals surface area contributed by atoms with Crippen LogP contribution in [0.2, 0.25) is 0 Å². The van der Waals surface area contributed by atoms with E-state index < -0.39 is 26.8 Å². The standard InChI is InChI=1S/C7H5F3O3S.K.H/c8-7(9,10)5-3-1-2-4-6(5)14(11,12)13;;/h1-4H,(H,11,12,13);;/q;+1;-1. The fraction of sp³-hybridized carbons (Fsp3) is 0.143. The molecule has 8 heteroatoms. The maximum atomic E-state index is 12.2. The molecule has 1 rings (SSSR count). The monoisotopic (exact) mass is 266 g/mol. The van der Waals surface area contributed by atoms with Crippen molar-refractivity contribution in [3.8, 4) is 0 Å². The summed E-state index contributed by atoms with van der Waals surface area (Å²) >= 11 is 0. The number of hydrogen-bond donors (Lipinski definition) is 1. The summed E-state index contributed by atoms with van der Waals surface area (Å²) in [5, 5.41) is 0. The van der Waals surface area contributed by atoms with Crippen LogP contribution >= 0.6 is 0 Å². The van der Waals surface area contributed by atoms with Crippen LogP contribution in [0, 0.1) is 0 Å². The largest absolute Gasteiger partial charge is 1.00 e. The van der Waals surface area contributed by atoms with Gasteiger partial charge in [-0.25, -0.2) is 0 Å². The van der Waals surface area contributed by atoms with Crippen LogP contribution in [0.3, 0.4) is 0 Å². The zero-order chi connectivity index (χ0) is 11.0. The molecule has 1 aromatic carbocycles. The van der Waals surface area contributed by atoms with E-state index in [0.29, 0.717) is 12.1 Å². The van der Waals surface area contributed by atoms with Crippen molar-refractivity contribution < 1.29 is 79.0 Å². The number of hydrogen-bond acceptors (Lipinski definition) is 2. The average Bonchev–Trinajstić information content (AvgIpc) is 2.01. The van der Waals surface area contributed by atoms with Gasteiger partial charge in [-0.05, 0) is 12.1 Å². The van der Waals surface area contributed by atoms with Crippen LogP contribution in [0.4, 0.5) is 13.2 Å². The van der Waals surface area contributed by atoms with Gasteiger partial charge in [-0.1, -0.05) is 12.1 Å². The van der Waals surface area contributed by atoms with E-state index in [1.807, 2.05) is 0 Å². The van der Waals surface area contributed by atoms with Gasteiger partial charge < -0.3 is 1.43 Å². The third kappa shape index (κ3) is 4.14. The van der Waals surface area contributed by atoms with E-state index in [-0.39, 0.29) is 52.8 Å². The van der Waals surface area contributed by atoms with Crippen LogP contribution < -0.4 is 51.4 Å². The molecule has 0 aliphatic heterocycles. The van der Waals surface area contributed by atoms with Crippen molar-refractivity contribution in [1.82, 2.24) is 0 Å². The first-order valence-electron chi connectivity index (χ1n) is 3.36. The van der Waals surface area contributed by atoms with Gasteiger partial charge in [0, 0.05) is 0 Å². The predicted octanol–water partition coefficient (Wildman–Crippen LogP) is -0.931. The second kappa shape index (κ2) is 5.26. The van der Waals surface area contributed by atoms with E-state index in [9.17, 15) is 21.6 Å². The van der Waals surface area contributed by atoms with Crippen LogP contribution in [0.15, 0.2) is 29.2 Å². The van der Waals surface area contributed by atoms with Crippen molar-refractivity contribution in [3.63, 3.8) is 0 Å². The van der Waals surface area contributed by atoms with Crippen LogP contribution in [0.25, 0.3) is 0 Å². The molecule has 0 radical (unpaired) electrons. The summed E-state index contributed by atoms with van der Waals surface area (Å²) in [6.07, 6.45) is -4.80. The molecular formula is C7H6F3KO3S. The smallest absolute Gasteiger partial charge is 1.00 e. The molecule has 0 fully saturated rings. The summed E-state index contributed by atoms with van der Waals surface area (Å²) in [6.45, 7) is 0. The Morgan fingerprint density at radius 3 is 2.00 bits per heavy atom. The molecule has 1 aromatic rings. The Bertz CT molecular complexity index is 446. The Balaban J connectivity index is 0. The third-order valence-corrected chi connectivity index (χ3v) is 2.38. The first kappa shape index (κ1) is 15.6. The van der Waals surface area contributed by atoms with Gasteiger partial charge in [0.25, 0.3) is 10.1 Å². The molecule has 1 N–H and O–H groups in total. The van der Waals surface area contributed by atoms with Crippen LogP contribution in [-0.4, -0.2) is 13.0 Å². The van der Waals surface area contributed by atoms with E-state index in [1.165, 1.54) is 0 Å². The molecule has 80 valence electrons. The molecule has 0 saturated carbocycles. The number of halogens is 3. The summed E-state index contributed by atoms with van der Waals surface area (Å²) in [5.41, 5.74) is -1.37. The van der Waals surface area contributed by atoms with E-state index >= 15 is 0 Å². The normalized spacial score (nSPS) is 12.0. The Morgan fingerprint density at radius 1 is 1.20 bits per heavy atom. The van der Waals surface area contributed by atoms with E-state index in [4.69, 9.17) is 4.55 Å². The fourth-order valence-corrected chi connectivity index (χ4v) is 1.64. The Kier molecular flexibility index (Phi) is 5.45. The van der Waals surface area contributed by atoms with Crippen molar-refractivity contribution in [2.75, 3.05) is 0 Å². The molecule has 0 aliphatic rings. The van der Waals surface area contributed by atoms with Crippen LogP contribution in [0.5, 0.6) is 0 Å². The van der Waals surface area contributed by atoms with Gasteiger partial charge in [-0.15, -0.1) is 0 Å². The minimum absolute atomic E-state index is 0. The molecule has 0 spiro atoms. The molecule has 3 nitrogen and oxygen atoms in total. The van der Waals surface area contributed by atoms with Crippen molar-refractivity contribution >= 4 is 10.1 Å². The summed E-state index contributed by atoms with van der Waals surface area (Å²) < 4.78 is 66.2. The minimum atomic E-state index is -4.84. The van der Waals surface area contributed by atoms with Gasteiger partial charge in [0.15, 0.2) is 0 Å². The molecule has 0 amide bonds. The summed E-state index contributed by atoms with van der Waals surface area (Å²) in [5.74, 6) is 0. The summed E-state index contributed by atoms with van der Waals surface area (Å²) in [6, 6.07) is 3.41. The topological polar surface area (TPSA) is 54.4 Å². The van der Waals surface area contributed by atoms with Crippen molar-refractivity contribution in [2.24, 2.45) is 0 Å². The number of rotatable bonds is 1. The zero-order valence-corrected chi connectivity index (χ0v) is 11.6. The SMILES string of the molecule is O=S(=O)(O)c1ccccc1C(F)(F)F.[H-].[K+]. The van der Waals surface area contributed by atoms with Crippen molar-refractivity contribution in [3.05, 3.63) is 29.8 Å². The molecule has 0 heterocycles. The van der Waals surface area contributed by atoms with Crippen LogP contribution in [0.1, 0.15) is 6.99 Å². The van der Waals surface area contributed by atoms with E-state index in [0.717, 1.165) is 12.1 Å². The van der Waals surface area contributed by atoms with Gasteiger partial charge in [0.05, 0.1) is 5.56 Å². The zero-order valence-electron chi connectivity index (χ0n) is 8.62. The first-order chi connectivity index (χ1) is 6.23. The summed E-state index contributed by atoms with van der Waals surface area (Å²) in [7, 11) is -4.84. The quantitative estimate of drug-likeness (QED) is 0.528. The van der Waals surface area contributed by atoms with E-state index in [1.54, 1.807) is 0 Å². The molecule has 15 heavy (non-hydrogen) atoms. The number of alkyl halides is 3. The predicted molar refractivity (Wildman–Crippen MR) is 42.4 cm³/mol. The van der Waals surface area contributed by atoms with Crippen molar-refractivity contribution in [1.29, 1.82) is 0 Å². The van der Waals surface area contributed by atoms with Gasteiger partial charge in [0.1, 0.15) is 4.90 Å².